The van der Waals surface area contributed by atoms with E-state index in [4.69, 9.17) is 9.73 Å². The predicted octanol–water partition coefficient (Wildman–Crippen LogP) is 3.42. The van der Waals surface area contributed by atoms with Crippen LogP contribution in [0.5, 0.6) is 0 Å². The van der Waals surface area contributed by atoms with Crippen molar-refractivity contribution in [1.82, 2.24) is 10.2 Å². The lowest BCUT2D eigenvalue weighted by Crippen LogP contribution is -2.40. The molecule has 0 unspecified atom stereocenters. The molecule has 2 heterocycles. The maximum Gasteiger partial charge on any atom is 0.226 e. The number of nitrogens with zero attached hydrogens (tertiary/aromatic N) is 3. The third kappa shape index (κ3) is 6.46. The van der Waals surface area contributed by atoms with Gasteiger partial charge in [-0.2, -0.15) is 0 Å². The van der Waals surface area contributed by atoms with Gasteiger partial charge in [0.25, 0.3) is 0 Å². The van der Waals surface area contributed by atoms with E-state index in [1.54, 1.807) is 0 Å². The topological polar surface area (TPSA) is 57.2 Å². The van der Waals surface area contributed by atoms with Gasteiger partial charge in [0.05, 0.1) is 6.54 Å². The van der Waals surface area contributed by atoms with Gasteiger partial charge in [-0.1, -0.05) is 12.1 Å². The second-order valence-electron chi connectivity index (χ2n) is 8.11. The summed E-state index contributed by atoms with van der Waals surface area (Å²) >= 11 is 0. The second-order valence-corrected chi connectivity index (χ2v) is 8.11. The standard InChI is InChI=1S/C23H36N4O2/c1-3-24-23(26(2)15-11-19-12-16-29-17-13-19)25-18-20-7-9-21(10-8-20)27-14-5-4-6-22(27)28/h7-10,19H,3-6,11-18H2,1-2H3,(H,24,25). The zero-order valence-corrected chi connectivity index (χ0v) is 18.0. The first-order valence-corrected chi connectivity index (χ1v) is 11.1. The van der Waals surface area contributed by atoms with E-state index in [9.17, 15) is 4.79 Å². The van der Waals surface area contributed by atoms with Crippen molar-refractivity contribution in [2.24, 2.45) is 10.9 Å². The largest absolute Gasteiger partial charge is 0.381 e. The van der Waals surface area contributed by atoms with Crippen LogP contribution in [0, 0.1) is 5.92 Å². The quantitative estimate of drug-likeness (QED) is 0.563. The average Bonchev–Trinajstić information content (AvgIpc) is 2.76. The third-order valence-electron chi connectivity index (χ3n) is 5.89. The van der Waals surface area contributed by atoms with Crippen LogP contribution in [0.25, 0.3) is 0 Å². The number of hydrogen-bond acceptors (Lipinski definition) is 3. The van der Waals surface area contributed by atoms with Crippen molar-refractivity contribution < 1.29 is 9.53 Å². The molecule has 2 fully saturated rings. The molecule has 1 amide bonds. The smallest absolute Gasteiger partial charge is 0.226 e. The molecule has 0 spiro atoms. The van der Waals surface area contributed by atoms with Crippen molar-refractivity contribution in [1.29, 1.82) is 0 Å². The normalized spacial score (nSPS) is 18.8. The Morgan fingerprint density at radius 2 is 2.00 bits per heavy atom. The summed E-state index contributed by atoms with van der Waals surface area (Å²) in [6.45, 7) is 7.25. The average molecular weight is 401 g/mol. The van der Waals surface area contributed by atoms with Crippen molar-refractivity contribution in [3.8, 4) is 0 Å². The van der Waals surface area contributed by atoms with Crippen LogP contribution in [0.4, 0.5) is 5.69 Å². The Bertz CT molecular complexity index is 668. The molecule has 6 nitrogen and oxygen atoms in total. The Balaban J connectivity index is 1.55. The monoisotopic (exact) mass is 400 g/mol. The molecule has 1 aromatic carbocycles. The van der Waals surface area contributed by atoms with Gasteiger partial charge >= 0.3 is 0 Å². The molecule has 0 atom stereocenters. The summed E-state index contributed by atoms with van der Waals surface area (Å²) in [6, 6.07) is 8.28. The minimum Gasteiger partial charge on any atom is -0.381 e. The van der Waals surface area contributed by atoms with E-state index in [1.165, 1.54) is 19.3 Å². The Morgan fingerprint density at radius 1 is 1.24 bits per heavy atom. The lowest BCUT2D eigenvalue weighted by atomic mass is 9.96. The maximum atomic E-state index is 12.1. The van der Waals surface area contributed by atoms with E-state index in [1.807, 2.05) is 4.90 Å². The zero-order valence-electron chi connectivity index (χ0n) is 18.0. The molecule has 29 heavy (non-hydrogen) atoms. The Kier molecular flexibility index (Phi) is 8.35. The third-order valence-corrected chi connectivity index (χ3v) is 5.89. The molecule has 0 radical (unpaired) electrons. The summed E-state index contributed by atoms with van der Waals surface area (Å²) < 4.78 is 5.46. The summed E-state index contributed by atoms with van der Waals surface area (Å²) in [5.74, 6) is 1.96. The summed E-state index contributed by atoms with van der Waals surface area (Å²) in [4.78, 5) is 21.1. The van der Waals surface area contributed by atoms with Crippen LogP contribution in [-0.2, 0) is 16.1 Å². The van der Waals surface area contributed by atoms with Gasteiger partial charge in [-0.3, -0.25) is 4.79 Å². The zero-order chi connectivity index (χ0) is 20.5. The molecule has 0 saturated carbocycles. The summed E-state index contributed by atoms with van der Waals surface area (Å²) in [6.07, 6.45) is 6.29. The predicted molar refractivity (Wildman–Crippen MR) is 118 cm³/mol. The number of anilines is 1. The SMILES string of the molecule is CCNC(=NCc1ccc(N2CCCCC2=O)cc1)N(C)CCC1CCOCC1. The van der Waals surface area contributed by atoms with E-state index >= 15 is 0 Å². The van der Waals surface area contributed by atoms with E-state index in [2.05, 4.69) is 48.5 Å². The molecule has 0 aromatic heterocycles. The minimum atomic E-state index is 0.239. The summed E-state index contributed by atoms with van der Waals surface area (Å²) in [5.41, 5.74) is 2.16. The number of ether oxygens (including phenoxy) is 1. The van der Waals surface area contributed by atoms with E-state index in [-0.39, 0.29) is 5.91 Å². The van der Waals surface area contributed by atoms with Crippen LogP contribution in [0.3, 0.4) is 0 Å². The fraction of sp³-hybridized carbons (Fsp3) is 0.652. The maximum absolute atomic E-state index is 12.1. The van der Waals surface area contributed by atoms with Crippen molar-refractivity contribution in [2.45, 2.75) is 52.0 Å². The number of aliphatic imine (C=N–C) groups is 1. The lowest BCUT2D eigenvalue weighted by molar-refractivity contribution is -0.119. The van der Waals surface area contributed by atoms with Gasteiger partial charge < -0.3 is 19.9 Å². The number of hydrogen-bond donors (Lipinski definition) is 1. The van der Waals surface area contributed by atoms with Gasteiger partial charge in [-0.05, 0) is 62.6 Å². The second kappa shape index (κ2) is 11.2. The number of guanidine groups is 1. The molecule has 2 saturated heterocycles. The highest BCUT2D eigenvalue weighted by molar-refractivity contribution is 5.93. The Labute approximate surface area is 175 Å². The van der Waals surface area contributed by atoms with Crippen molar-refractivity contribution in [3.05, 3.63) is 29.8 Å². The van der Waals surface area contributed by atoms with Crippen LogP contribution in [0.2, 0.25) is 0 Å². The molecule has 0 bridgehead atoms. The number of benzene rings is 1. The van der Waals surface area contributed by atoms with E-state index in [0.29, 0.717) is 13.0 Å². The van der Waals surface area contributed by atoms with Crippen LogP contribution in [0.15, 0.2) is 29.3 Å². The van der Waals surface area contributed by atoms with Gasteiger partial charge in [-0.25, -0.2) is 4.99 Å². The molecule has 2 aliphatic heterocycles. The Morgan fingerprint density at radius 3 is 2.69 bits per heavy atom. The molecular formula is C23H36N4O2. The molecular weight excluding hydrogens is 364 g/mol. The van der Waals surface area contributed by atoms with Crippen LogP contribution >= 0.6 is 0 Å². The van der Waals surface area contributed by atoms with Gasteiger partial charge in [0.1, 0.15) is 0 Å². The molecule has 1 N–H and O–H groups in total. The Hall–Kier alpha value is -2.08. The highest BCUT2D eigenvalue weighted by atomic mass is 16.5. The van der Waals surface area contributed by atoms with E-state index < -0.39 is 0 Å². The number of nitrogens with one attached hydrogen (secondary N) is 1. The first-order valence-electron chi connectivity index (χ1n) is 11.1. The molecule has 1 aromatic rings. The molecule has 0 aliphatic carbocycles. The number of carbonyl (C=O) groups is 1. The van der Waals surface area contributed by atoms with E-state index in [0.717, 1.165) is 68.8 Å². The van der Waals surface area contributed by atoms with Crippen molar-refractivity contribution >= 4 is 17.6 Å². The van der Waals surface area contributed by atoms with Gasteiger partial charge in [-0.15, -0.1) is 0 Å². The van der Waals surface area contributed by atoms with Crippen LogP contribution in [-0.4, -0.2) is 56.7 Å². The van der Waals surface area contributed by atoms with Gasteiger partial charge in [0.15, 0.2) is 5.96 Å². The van der Waals surface area contributed by atoms with Gasteiger partial charge in [0.2, 0.25) is 5.91 Å². The minimum absolute atomic E-state index is 0.239. The van der Waals surface area contributed by atoms with Crippen LogP contribution < -0.4 is 10.2 Å². The first kappa shape index (κ1) is 21.6. The number of rotatable bonds is 7. The molecule has 160 valence electrons. The van der Waals surface area contributed by atoms with Crippen LogP contribution in [0.1, 0.15) is 51.0 Å². The number of carbonyl (C=O) groups excluding carboxylic acids is 1. The highest BCUT2D eigenvalue weighted by Gasteiger charge is 2.19. The molecule has 2 aliphatic rings. The first-order chi connectivity index (χ1) is 14.2. The number of amides is 1. The fourth-order valence-electron chi connectivity index (χ4n) is 4.01. The van der Waals surface area contributed by atoms with Crippen molar-refractivity contribution in [2.75, 3.05) is 44.8 Å². The highest BCUT2D eigenvalue weighted by Crippen LogP contribution is 2.22. The fourth-order valence-corrected chi connectivity index (χ4v) is 4.01. The van der Waals surface area contributed by atoms with Crippen molar-refractivity contribution in [3.63, 3.8) is 0 Å². The summed E-state index contributed by atoms with van der Waals surface area (Å²) in [5, 5.41) is 3.41. The lowest BCUT2D eigenvalue weighted by Gasteiger charge is -2.27. The molecule has 6 heteroatoms. The number of piperidine rings is 1. The van der Waals surface area contributed by atoms with Gasteiger partial charge in [0, 0.05) is 52.0 Å². The molecule has 3 rings (SSSR count). The summed E-state index contributed by atoms with van der Waals surface area (Å²) in [7, 11) is 2.12.